The van der Waals surface area contributed by atoms with Crippen molar-refractivity contribution in [1.29, 1.82) is 0 Å². The van der Waals surface area contributed by atoms with E-state index in [4.69, 9.17) is 9.47 Å². The van der Waals surface area contributed by atoms with Crippen LogP contribution in [0.3, 0.4) is 0 Å². The Morgan fingerprint density at radius 2 is 1.32 bits per heavy atom. The Labute approximate surface area is 243 Å². The minimum atomic E-state index is -0.270. The van der Waals surface area contributed by atoms with Crippen LogP contribution in [0.15, 0.2) is 72.8 Å². The highest BCUT2D eigenvalue weighted by Gasteiger charge is 2.12. The molecule has 0 aliphatic rings. The number of rotatable bonds is 19. The highest BCUT2D eigenvalue weighted by Crippen LogP contribution is 2.25. The standard InChI is InChI=1S/C37H50O3/c1-4-6-7-8-9-10-11-13-17-32-23-27-35(36(28-32)39-29-30(3)40-37(38)16-5-2)26-22-31-20-24-34(25-21-31)33-18-14-12-15-19-33/h12,14-15,18-21,23-25,27-28,30H,4-11,13,16-17,22,26,29H2,1-3H3. The molecule has 3 nitrogen and oxygen atoms in total. The van der Waals surface area contributed by atoms with Crippen LogP contribution in [0.2, 0.25) is 0 Å². The fraction of sp³-hybridized carbons (Fsp3) is 0.486. The Morgan fingerprint density at radius 1 is 0.675 bits per heavy atom. The maximum absolute atomic E-state index is 11.9. The third-order valence-corrected chi connectivity index (χ3v) is 7.45. The van der Waals surface area contributed by atoms with Gasteiger partial charge in [0, 0.05) is 6.42 Å². The Balaban J connectivity index is 1.58. The predicted molar refractivity (Wildman–Crippen MR) is 168 cm³/mol. The number of aryl methyl sites for hydroxylation is 3. The van der Waals surface area contributed by atoms with Crippen LogP contribution in [0.5, 0.6) is 5.75 Å². The van der Waals surface area contributed by atoms with E-state index in [1.807, 2.05) is 19.9 Å². The molecule has 1 atom stereocenters. The summed E-state index contributed by atoms with van der Waals surface area (Å²) in [6, 6.07) is 26.1. The van der Waals surface area contributed by atoms with E-state index >= 15 is 0 Å². The van der Waals surface area contributed by atoms with Gasteiger partial charge in [0.15, 0.2) is 0 Å². The van der Waals surface area contributed by atoms with E-state index in [0.29, 0.717) is 13.0 Å². The predicted octanol–water partition coefficient (Wildman–Crippen LogP) is 9.93. The van der Waals surface area contributed by atoms with Gasteiger partial charge in [-0.05, 0) is 72.9 Å². The average molecular weight is 543 g/mol. The normalized spacial score (nSPS) is 11.8. The largest absolute Gasteiger partial charge is 0.489 e. The number of hydrogen-bond acceptors (Lipinski definition) is 3. The van der Waals surface area contributed by atoms with E-state index in [1.165, 1.54) is 79.2 Å². The van der Waals surface area contributed by atoms with E-state index < -0.39 is 0 Å². The lowest BCUT2D eigenvalue weighted by Crippen LogP contribution is -2.22. The summed E-state index contributed by atoms with van der Waals surface area (Å²) in [6.45, 7) is 6.54. The summed E-state index contributed by atoms with van der Waals surface area (Å²) >= 11 is 0. The zero-order chi connectivity index (χ0) is 28.4. The number of hydrogen-bond donors (Lipinski definition) is 0. The fourth-order valence-electron chi connectivity index (χ4n) is 5.06. The van der Waals surface area contributed by atoms with E-state index in [-0.39, 0.29) is 12.1 Å². The van der Waals surface area contributed by atoms with Gasteiger partial charge in [0.1, 0.15) is 18.5 Å². The average Bonchev–Trinajstić information content (AvgIpc) is 2.97. The first kappa shape index (κ1) is 31.5. The summed E-state index contributed by atoms with van der Waals surface area (Å²) < 4.78 is 11.8. The van der Waals surface area contributed by atoms with E-state index in [0.717, 1.165) is 31.4 Å². The molecule has 1 unspecified atom stereocenters. The van der Waals surface area contributed by atoms with Gasteiger partial charge >= 0.3 is 5.97 Å². The summed E-state index contributed by atoms with van der Waals surface area (Å²) in [5, 5.41) is 0. The lowest BCUT2D eigenvalue weighted by molar-refractivity contribution is -0.149. The van der Waals surface area contributed by atoms with Crippen LogP contribution >= 0.6 is 0 Å². The topological polar surface area (TPSA) is 35.5 Å². The highest BCUT2D eigenvalue weighted by molar-refractivity contribution is 5.69. The van der Waals surface area contributed by atoms with E-state index in [2.05, 4.69) is 73.7 Å². The van der Waals surface area contributed by atoms with Crippen molar-refractivity contribution in [2.45, 2.75) is 110 Å². The minimum absolute atomic E-state index is 0.152. The number of carbonyl (C=O) groups excluding carboxylic acids is 1. The molecular weight excluding hydrogens is 492 g/mol. The molecule has 0 spiro atoms. The first-order chi connectivity index (χ1) is 19.6. The zero-order valence-corrected chi connectivity index (χ0v) is 25.1. The third-order valence-electron chi connectivity index (χ3n) is 7.45. The number of unbranched alkanes of at least 4 members (excludes halogenated alkanes) is 7. The molecule has 40 heavy (non-hydrogen) atoms. The summed E-state index contributed by atoms with van der Waals surface area (Å²) in [5.41, 5.74) is 6.33. The van der Waals surface area contributed by atoms with Crippen molar-refractivity contribution in [2.75, 3.05) is 6.61 Å². The molecule has 0 aromatic heterocycles. The van der Waals surface area contributed by atoms with Gasteiger partial charge in [-0.2, -0.15) is 0 Å². The fourth-order valence-corrected chi connectivity index (χ4v) is 5.06. The zero-order valence-electron chi connectivity index (χ0n) is 25.1. The Kier molecular flexibility index (Phi) is 14.4. The molecule has 0 aliphatic carbocycles. The smallest absolute Gasteiger partial charge is 0.306 e. The van der Waals surface area contributed by atoms with Crippen molar-refractivity contribution in [1.82, 2.24) is 0 Å². The van der Waals surface area contributed by atoms with Gasteiger partial charge in [0.25, 0.3) is 0 Å². The second kappa shape index (κ2) is 18.3. The molecule has 0 saturated carbocycles. The summed E-state index contributed by atoms with van der Waals surface area (Å²) in [5.74, 6) is 0.776. The Bertz CT molecular complexity index is 1100. The molecule has 0 N–H and O–H groups in total. The summed E-state index contributed by atoms with van der Waals surface area (Å²) in [4.78, 5) is 11.9. The van der Waals surface area contributed by atoms with Crippen molar-refractivity contribution >= 4 is 5.97 Å². The number of benzene rings is 3. The van der Waals surface area contributed by atoms with Crippen LogP contribution < -0.4 is 4.74 Å². The maximum atomic E-state index is 11.9. The summed E-state index contributed by atoms with van der Waals surface area (Å²) in [7, 11) is 0. The maximum Gasteiger partial charge on any atom is 0.306 e. The van der Waals surface area contributed by atoms with Crippen molar-refractivity contribution in [3.63, 3.8) is 0 Å². The van der Waals surface area contributed by atoms with Crippen molar-refractivity contribution in [3.05, 3.63) is 89.5 Å². The molecule has 0 radical (unpaired) electrons. The highest BCUT2D eigenvalue weighted by atomic mass is 16.6. The molecule has 0 heterocycles. The molecule has 0 fully saturated rings. The molecule has 0 amide bonds. The lowest BCUT2D eigenvalue weighted by atomic mass is 9.98. The summed E-state index contributed by atoms with van der Waals surface area (Å²) in [6.07, 6.45) is 14.5. The van der Waals surface area contributed by atoms with Gasteiger partial charge in [-0.1, -0.05) is 126 Å². The van der Waals surface area contributed by atoms with E-state index in [1.54, 1.807) is 0 Å². The van der Waals surface area contributed by atoms with Crippen LogP contribution in [0.1, 0.15) is 102 Å². The van der Waals surface area contributed by atoms with E-state index in [9.17, 15) is 4.79 Å². The number of carbonyl (C=O) groups is 1. The number of ether oxygens (including phenoxy) is 2. The number of esters is 1. The van der Waals surface area contributed by atoms with Crippen molar-refractivity contribution < 1.29 is 14.3 Å². The third kappa shape index (κ3) is 11.6. The van der Waals surface area contributed by atoms with Gasteiger partial charge in [-0.25, -0.2) is 0 Å². The van der Waals surface area contributed by atoms with Crippen LogP contribution in [0.25, 0.3) is 11.1 Å². The van der Waals surface area contributed by atoms with Gasteiger partial charge in [-0.3, -0.25) is 4.79 Å². The van der Waals surface area contributed by atoms with Crippen molar-refractivity contribution in [3.8, 4) is 16.9 Å². The van der Waals surface area contributed by atoms with Crippen LogP contribution in [-0.4, -0.2) is 18.7 Å². The molecule has 0 bridgehead atoms. The van der Waals surface area contributed by atoms with Gasteiger partial charge in [0.05, 0.1) is 0 Å². The second-order valence-corrected chi connectivity index (χ2v) is 11.1. The monoisotopic (exact) mass is 542 g/mol. The van der Waals surface area contributed by atoms with Crippen LogP contribution in [0, 0.1) is 0 Å². The minimum Gasteiger partial charge on any atom is -0.489 e. The molecule has 3 aromatic rings. The van der Waals surface area contributed by atoms with Crippen LogP contribution in [-0.2, 0) is 28.8 Å². The lowest BCUT2D eigenvalue weighted by Gasteiger charge is -2.17. The van der Waals surface area contributed by atoms with Crippen LogP contribution in [0.4, 0.5) is 0 Å². The first-order valence-corrected chi connectivity index (χ1v) is 15.7. The second-order valence-electron chi connectivity index (χ2n) is 11.1. The SMILES string of the molecule is CCCCCCCCCCc1ccc(CCc2ccc(-c3ccccc3)cc2)c(OCC(C)OC(=O)CCC)c1. The molecular formula is C37H50O3. The molecule has 0 aliphatic heterocycles. The van der Waals surface area contributed by atoms with Gasteiger partial charge in [-0.15, -0.1) is 0 Å². The molecule has 216 valence electrons. The quantitative estimate of drug-likeness (QED) is 0.112. The first-order valence-electron chi connectivity index (χ1n) is 15.7. The van der Waals surface area contributed by atoms with Gasteiger partial charge < -0.3 is 9.47 Å². The van der Waals surface area contributed by atoms with Gasteiger partial charge in [0.2, 0.25) is 0 Å². The Morgan fingerprint density at radius 3 is 2.02 bits per heavy atom. The molecule has 3 heteroatoms. The van der Waals surface area contributed by atoms with Crippen molar-refractivity contribution in [2.24, 2.45) is 0 Å². The Hall–Kier alpha value is -3.07. The molecule has 3 aromatic carbocycles. The molecule has 0 saturated heterocycles. The molecule has 3 rings (SSSR count).